The SMILES string of the molecule is CC(=O)c1ccc(OCc2ccccc2)c(F)c1.CC1(c2ccc(OCc3ccccc3)c(F)c2)OCCO1.OCCO.[2H]C([2H])([2H])Oc1cc(C(C)=O)ccc1O.[2H]C([2H])([2H])Oc1cc(C(C)=O)ccc1OCc1ccccc1.[2H]C([2H])([2H])Oc1cc(C2(C)OCCO2)ccc1OCc1ccccc1. The summed E-state index contributed by atoms with van der Waals surface area (Å²) in [5, 5.41) is 24.5. The lowest BCUT2D eigenvalue weighted by Crippen LogP contribution is -2.22. The Labute approximate surface area is 571 Å². The lowest BCUT2D eigenvalue weighted by molar-refractivity contribution is -0.150. The van der Waals surface area contributed by atoms with Gasteiger partial charge in [0, 0.05) is 27.8 Å². The Kier molecular flexibility index (Phi) is 25.3. The smallest absolute Gasteiger partial charge is 0.192 e. The normalized spacial score (nSPS) is 14.6. The van der Waals surface area contributed by atoms with Gasteiger partial charge in [0.1, 0.15) is 26.4 Å². The third-order valence-electron chi connectivity index (χ3n) is 14.0. The summed E-state index contributed by atoms with van der Waals surface area (Å²) >= 11 is 0. The topological polar surface area (TPSA) is 213 Å². The van der Waals surface area contributed by atoms with Gasteiger partial charge in [0.15, 0.2) is 86.6 Å². The van der Waals surface area contributed by atoms with Crippen LogP contribution in [0.5, 0.6) is 46.0 Å². The molecule has 0 spiro atoms. The highest BCUT2D eigenvalue weighted by atomic mass is 19.1. The first-order valence-corrected chi connectivity index (χ1v) is 30.0. The van der Waals surface area contributed by atoms with Gasteiger partial charge in [-0.25, -0.2) is 8.78 Å². The Morgan fingerprint density at radius 2 is 0.698 bits per heavy atom. The van der Waals surface area contributed by atoms with E-state index in [1.54, 1.807) is 62.4 Å². The Morgan fingerprint density at radius 1 is 0.396 bits per heavy atom. The number of ketones is 3. The Morgan fingerprint density at radius 3 is 1.06 bits per heavy atom. The van der Waals surface area contributed by atoms with Crippen molar-refractivity contribution in [3.05, 3.63) is 274 Å². The van der Waals surface area contributed by atoms with Gasteiger partial charge in [-0.1, -0.05) is 121 Å². The van der Waals surface area contributed by atoms with Gasteiger partial charge < -0.3 is 67.4 Å². The molecule has 2 heterocycles. The molecular formula is C77H82F2O17. The molecule has 9 aromatic rings. The quantitative estimate of drug-likeness (QED) is 0.0571. The van der Waals surface area contributed by atoms with Crippen LogP contribution in [0.15, 0.2) is 212 Å². The second kappa shape index (κ2) is 39.0. The minimum Gasteiger partial charge on any atom is -0.504 e. The highest BCUT2D eigenvalue weighted by Crippen LogP contribution is 2.38. The number of phenolic OH excluding ortho intramolecular Hbond substituents is 1. The minimum atomic E-state index is -2.65. The molecule has 2 saturated heterocycles. The van der Waals surface area contributed by atoms with Crippen LogP contribution in [0.2, 0.25) is 0 Å². The second-order valence-corrected chi connectivity index (χ2v) is 21.1. The molecule has 2 fully saturated rings. The molecule has 0 bridgehead atoms. The van der Waals surface area contributed by atoms with Gasteiger partial charge in [-0.2, -0.15) is 0 Å². The van der Waals surface area contributed by atoms with Gasteiger partial charge in [-0.3, -0.25) is 14.4 Å². The van der Waals surface area contributed by atoms with Crippen molar-refractivity contribution in [2.24, 2.45) is 0 Å². The number of rotatable bonds is 21. The summed E-state index contributed by atoms with van der Waals surface area (Å²) in [4.78, 5) is 33.5. The Balaban J connectivity index is 0.000000205. The Bertz CT molecular complexity index is 4180. The van der Waals surface area contributed by atoms with Gasteiger partial charge in [-0.05, 0) is 148 Å². The van der Waals surface area contributed by atoms with Crippen molar-refractivity contribution >= 4 is 17.3 Å². The van der Waals surface area contributed by atoms with E-state index in [1.165, 1.54) is 63.2 Å². The fraction of sp³-hybridized carbons (Fsp3) is 0.260. The molecule has 17 nitrogen and oxygen atoms in total. The maximum Gasteiger partial charge on any atom is 0.192 e. The summed E-state index contributed by atoms with van der Waals surface area (Å²) in [5.41, 5.74) is 6.21. The molecule has 2 aliphatic rings. The van der Waals surface area contributed by atoms with Crippen LogP contribution >= 0.6 is 0 Å². The molecule has 0 aliphatic carbocycles. The molecule has 9 aromatic carbocycles. The number of halogens is 2. The summed E-state index contributed by atoms with van der Waals surface area (Å²) in [7, 11) is -7.84. The van der Waals surface area contributed by atoms with E-state index in [4.69, 9.17) is 69.9 Å². The molecular weight excluding hydrogens is 1230 g/mol. The molecule has 0 aromatic heterocycles. The molecule has 506 valence electrons. The van der Waals surface area contributed by atoms with Gasteiger partial charge in [0.25, 0.3) is 0 Å². The molecule has 0 saturated carbocycles. The standard InChI is InChI=1S/C18H20O4.C17H17FO3.C16H16O3.C15H13FO2.C9H10O3.C2H6O2/c1-18(21-10-11-22-18)15-8-9-16(17(12-15)19-2)20-13-14-6-4-3-5-7-14;1-17(20-9-10-21-17)14-7-8-16(15(18)11-14)19-12-13-5-3-2-4-6-13;1-12(17)14-8-9-15(16(10-14)18-2)19-11-13-6-4-3-5-7-13;1-11(17)13-7-8-15(14(16)9-13)18-10-12-5-3-2-4-6-12;1-6(10)7-3-4-8(11)9(5-7)12-2;3-1-2-4/h3-9,12H,10-11,13H2,1-2H3;2-8,11H,9-10,12H2,1H3;3-10H,11H2,1-2H3;2-9H,10H2,1H3;3-5,11H,1-2H3;3-4H,1-2H2/i2D3;;2D3;;2D3;. The average Bonchev–Trinajstić information content (AvgIpc) is 1.75. The first-order valence-electron chi connectivity index (χ1n) is 34.5. The molecule has 3 N–H and O–H groups in total. The van der Waals surface area contributed by atoms with Gasteiger partial charge in [0.2, 0.25) is 0 Å². The second-order valence-electron chi connectivity index (χ2n) is 21.1. The molecule has 0 atom stereocenters. The van der Waals surface area contributed by atoms with Crippen LogP contribution in [0.4, 0.5) is 8.78 Å². The van der Waals surface area contributed by atoms with Crippen LogP contribution in [0.3, 0.4) is 0 Å². The lowest BCUT2D eigenvalue weighted by atomic mass is 10.1. The van der Waals surface area contributed by atoms with E-state index in [9.17, 15) is 28.3 Å². The summed E-state index contributed by atoms with van der Waals surface area (Å²) in [5.74, 6) is -2.62. The number of hydrogen-bond acceptors (Lipinski definition) is 17. The zero-order chi connectivity index (χ0) is 76.8. The summed E-state index contributed by atoms with van der Waals surface area (Å²) in [6.45, 7) is 10.7. The fourth-order valence-corrected chi connectivity index (χ4v) is 8.77. The number of carbonyl (C=O) groups excluding carboxylic acids is 3. The van der Waals surface area contributed by atoms with Crippen LogP contribution in [0, 0.1) is 11.6 Å². The van der Waals surface area contributed by atoms with Gasteiger partial charge in [0.05, 0.1) is 73.1 Å². The fourth-order valence-electron chi connectivity index (χ4n) is 8.77. The number of benzene rings is 9. The van der Waals surface area contributed by atoms with E-state index in [0.717, 1.165) is 22.3 Å². The van der Waals surface area contributed by atoms with Crippen molar-refractivity contribution in [2.45, 2.75) is 72.6 Å². The summed E-state index contributed by atoms with van der Waals surface area (Å²) < 4.78 is 151. The monoisotopic (exact) mass is 1330 g/mol. The Hall–Kier alpha value is -9.99. The molecule has 0 radical (unpaired) electrons. The highest BCUT2D eigenvalue weighted by molar-refractivity contribution is 5.95. The zero-order valence-electron chi connectivity index (χ0n) is 62.6. The predicted octanol–water partition coefficient (Wildman–Crippen LogP) is 14.8. The summed E-state index contributed by atoms with van der Waals surface area (Å²) in [6, 6.07) is 60.7. The van der Waals surface area contributed by atoms with Crippen molar-refractivity contribution < 1.29 is 103 Å². The van der Waals surface area contributed by atoms with E-state index < -0.39 is 44.3 Å². The number of phenols is 1. The number of ether oxygens (including phenoxy) is 11. The molecule has 19 heteroatoms. The third-order valence-corrected chi connectivity index (χ3v) is 14.0. The van der Waals surface area contributed by atoms with Crippen LogP contribution in [-0.4, -0.2) is 93.4 Å². The molecule has 0 unspecified atom stereocenters. The van der Waals surface area contributed by atoms with E-state index in [1.807, 2.05) is 121 Å². The van der Waals surface area contributed by atoms with E-state index in [-0.39, 0.29) is 83.0 Å². The van der Waals surface area contributed by atoms with Crippen molar-refractivity contribution in [3.63, 3.8) is 0 Å². The summed E-state index contributed by atoms with van der Waals surface area (Å²) in [6.07, 6.45) is 0. The number of aliphatic hydroxyl groups excluding tert-OH is 2. The highest BCUT2D eigenvalue weighted by Gasteiger charge is 2.35. The molecule has 0 amide bonds. The largest absolute Gasteiger partial charge is 0.504 e. The number of carbonyl (C=O) groups is 3. The van der Waals surface area contributed by atoms with Crippen LogP contribution in [-0.2, 0) is 56.9 Å². The third kappa shape index (κ3) is 23.8. The first-order chi connectivity index (χ1) is 49.8. The number of methoxy groups -OCH3 is 3. The maximum atomic E-state index is 14.1. The number of aromatic hydroxyl groups is 1. The predicted molar refractivity (Wildman–Crippen MR) is 359 cm³/mol. The van der Waals surface area contributed by atoms with Gasteiger partial charge in [-0.15, -0.1) is 0 Å². The average molecular weight is 1330 g/mol. The maximum absolute atomic E-state index is 14.1. The minimum absolute atomic E-state index is 0.0311. The first kappa shape index (κ1) is 62.1. The van der Waals surface area contributed by atoms with Crippen molar-refractivity contribution in [3.8, 4) is 46.0 Å². The lowest BCUT2D eigenvalue weighted by Gasteiger charge is -2.23. The molecule has 2 aliphatic heterocycles. The molecule has 96 heavy (non-hydrogen) atoms. The van der Waals surface area contributed by atoms with E-state index in [0.29, 0.717) is 74.3 Å². The van der Waals surface area contributed by atoms with E-state index in [2.05, 4.69) is 4.74 Å². The number of aliphatic hydroxyl groups is 2. The molecule has 11 rings (SSSR count). The van der Waals surface area contributed by atoms with Crippen LogP contribution in [0.25, 0.3) is 0 Å². The zero-order valence-corrected chi connectivity index (χ0v) is 53.6. The van der Waals surface area contributed by atoms with E-state index >= 15 is 0 Å². The van der Waals surface area contributed by atoms with Crippen molar-refractivity contribution in [2.75, 3.05) is 60.8 Å². The van der Waals surface area contributed by atoms with Crippen molar-refractivity contribution in [1.82, 2.24) is 0 Å². The van der Waals surface area contributed by atoms with Crippen LogP contribution < -0.4 is 33.2 Å². The van der Waals surface area contributed by atoms with Gasteiger partial charge >= 0.3 is 0 Å². The van der Waals surface area contributed by atoms with Crippen LogP contribution in [0.1, 0.15) is 111 Å². The number of Topliss-reactive ketones (excluding diaryl/α,β-unsaturated/α-hetero) is 3. The number of hydrogen-bond donors (Lipinski definition) is 3. The van der Waals surface area contributed by atoms with Crippen molar-refractivity contribution in [1.29, 1.82) is 0 Å².